The van der Waals surface area contributed by atoms with Gasteiger partial charge in [0.25, 0.3) is 5.95 Å². The van der Waals surface area contributed by atoms with Gasteiger partial charge in [-0.1, -0.05) is 11.6 Å². The van der Waals surface area contributed by atoms with E-state index in [1.807, 2.05) is 23.1 Å². The van der Waals surface area contributed by atoms with E-state index in [1.54, 1.807) is 6.20 Å². The Kier molecular flexibility index (Phi) is 7.61. The average molecular weight is 512 g/mol. The third kappa shape index (κ3) is 5.76. The summed E-state index contributed by atoms with van der Waals surface area (Å²) in [6.07, 6.45) is 2.85. The second-order valence-corrected chi connectivity index (χ2v) is 9.06. The second kappa shape index (κ2) is 11.2. The first kappa shape index (κ1) is 24.4. The number of pyridine rings is 1. The zero-order valence-corrected chi connectivity index (χ0v) is 20.6. The van der Waals surface area contributed by atoms with Crippen molar-refractivity contribution in [1.82, 2.24) is 25.8 Å². The molecule has 0 bridgehead atoms. The van der Waals surface area contributed by atoms with Crippen molar-refractivity contribution in [1.29, 1.82) is 0 Å². The third-order valence-electron chi connectivity index (χ3n) is 6.10. The maximum absolute atomic E-state index is 14.2. The number of azo groups is 1. The molecule has 2 fully saturated rings. The van der Waals surface area contributed by atoms with Crippen molar-refractivity contribution in [2.75, 3.05) is 49.6 Å². The van der Waals surface area contributed by atoms with Crippen LogP contribution in [0, 0.1) is 12.7 Å². The highest BCUT2D eigenvalue weighted by Gasteiger charge is 2.21. The van der Waals surface area contributed by atoms with Crippen molar-refractivity contribution in [3.8, 4) is 0 Å². The van der Waals surface area contributed by atoms with Gasteiger partial charge in [-0.2, -0.15) is 10.1 Å². The van der Waals surface area contributed by atoms with Crippen LogP contribution in [0.1, 0.15) is 22.7 Å². The van der Waals surface area contributed by atoms with Crippen LogP contribution in [-0.4, -0.2) is 54.3 Å². The van der Waals surface area contributed by atoms with Crippen LogP contribution in [0.5, 0.6) is 0 Å². The largest absolute Gasteiger partial charge is 0.378 e. The van der Waals surface area contributed by atoms with E-state index in [1.165, 1.54) is 5.56 Å². The quantitative estimate of drug-likeness (QED) is 0.408. The van der Waals surface area contributed by atoms with E-state index >= 15 is 0 Å². The van der Waals surface area contributed by atoms with E-state index in [0.29, 0.717) is 32.2 Å². The standard InChI is InChI=1S/C24H27ClFN9O/c1-15-8-19(9-20(25)22(15)16-10-29-30-11-16)32-18-3-2-17(27-12-18)13-31-34-24-28-14-21(26)23(33-24)35-4-6-36-7-5-35/h2-3,8-9,12,14,16,29-30,32H,4-7,10-11,13H2,1H3. The van der Waals surface area contributed by atoms with Crippen LogP contribution in [0.4, 0.5) is 27.5 Å². The molecule has 1 aromatic carbocycles. The first-order valence-electron chi connectivity index (χ1n) is 11.8. The first-order valence-corrected chi connectivity index (χ1v) is 12.1. The number of anilines is 3. The molecule has 0 unspecified atom stereocenters. The molecular weight excluding hydrogens is 485 g/mol. The van der Waals surface area contributed by atoms with Crippen molar-refractivity contribution in [3.05, 3.63) is 64.3 Å². The summed E-state index contributed by atoms with van der Waals surface area (Å²) < 4.78 is 19.5. The van der Waals surface area contributed by atoms with E-state index < -0.39 is 5.82 Å². The lowest BCUT2D eigenvalue weighted by Crippen LogP contribution is -2.37. The Morgan fingerprint density at radius 2 is 1.94 bits per heavy atom. The smallest absolute Gasteiger partial charge is 0.270 e. The molecule has 3 N–H and O–H groups in total. The molecule has 188 valence electrons. The number of nitrogens with zero attached hydrogens (tertiary/aromatic N) is 6. The Bertz CT molecular complexity index is 1210. The molecule has 12 heteroatoms. The zero-order chi connectivity index (χ0) is 24.9. The summed E-state index contributed by atoms with van der Waals surface area (Å²) in [5.41, 5.74) is 11.1. The van der Waals surface area contributed by atoms with Crippen LogP contribution in [0.25, 0.3) is 0 Å². The van der Waals surface area contributed by atoms with Gasteiger partial charge in [-0.05, 0) is 42.3 Å². The lowest BCUT2D eigenvalue weighted by Gasteiger charge is -2.27. The fourth-order valence-corrected chi connectivity index (χ4v) is 4.76. The fraction of sp³-hybridized carbons (Fsp3) is 0.375. The number of benzene rings is 1. The molecule has 4 heterocycles. The Hall–Kier alpha value is -3.25. The first-order chi connectivity index (χ1) is 17.6. The minimum Gasteiger partial charge on any atom is -0.378 e. The van der Waals surface area contributed by atoms with Crippen LogP contribution in [0.3, 0.4) is 0 Å². The molecule has 2 saturated heterocycles. The van der Waals surface area contributed by atoms with Gasteiger partial charge >= 0.3 is 0 Å². The number of hydrazine groups is 1. The number of rotatable bonds is 7. The van der Waals surface area contributed by atoms with Crippen molar-refractivity contribution in [3.63, 3.8) is 0 Å². The molecule has 0 radical (unpaired) electrons. The number of nitrogens with one attached hydrogen (secondary N) is 3. The second-order valence-electron chi connectivity index (χ2n) is 8.65. The number of halogens is 2. The summed E-state index contributed by atoms with van der Waals surface area (Å²) in [7, 11) is 0. The number of morpholine rings is 1. The fourth-order valence-electron chi connectivity index (χ4n) is 4.34. The van der Waals surface area contributed by atoms with Crippen LogP contribution < -0.4 is 21.1 Å². The van der Waals surface area contributed by atoms with Crippen molar-refractivity contribution in [2.24, 2.45) is 10.2 Å². The maximum atomic E-state index is 14.2. The van der Waals surface area contributed by atoms with Gasteiger partial charge in [0.2, 0.25) is 0 Å². The van der Waals surface area contributed by atoms with Crippen LogP contribution >= 0.6 is 11.6 Å². The van der Waals surface area contributed by atoms with E-state index in [9.17, 15) is 4.39 Å². The van der Waals surface area contributed by atoms with Gasteiger partial charge < -0.3 is 15.0 Å². The molecule has 0 atom stereocenters. The number of aryl methyl sites for hydroxylation is 1. The molecule has 2 aliphatic heterocycles. The molecule has 0 spiro atoms. The number of ether oxygens (including phenoxy) is 1. The molecule has 2 aliphatic rings. The molecular formula is C24H27ClFN9O. The SMILES string of the molecule is Cc1cc(Nc2ccc(CN=Nc3ncc(F)c(N4CCOCC4)n3)nc2)cc(Cl)c1C1CNNC1. The minimum atomic E-state index is -0.487. The number of hydrogen-bond donors (Lipinski definition) is 3. The molecule has 0 aliphatic carbocycles. The van der Waals surface area contributed by atoms with E-state index in [2.05, 4.69) is 54.3 Å². The number of aromatic nitrogens is 3. The normalized spacial score (nSPS) is 16.7. The van der Waals surface area contributed by atoms with Gasteiger partial charge in [-0.3, -0.25) is 15.8 Å². The zero-order valence-electron chi connectivity index (χ0n) is 19.8. The summed E-state index contributed by atoms with van der Waals surface area (Å²) in [6, 6.07) is 7.82. The molecule has 3 aromatic rings. The predicted molar refractivity (Wildman–Crippen MR) is 136 cm³/mol. The summed E-state index contributed by atoms with van der Waals surface area (Å²) in [4.78, 5) is 14.4. The van der Waals surface area contributed by atoms with Gasteiger partial charge in [0.05, 0.1) is 37.0 Å². The molecule has 36 heavy (non-hydrogen) atoms. The Balaban J connectivity index is 1.20. The van der Waals surface area contributed by atoms with E-state index in [4.69, 9.17) is 16.3 Å². The van der Waals surface area contributed by atoms with Gasteiger partial charge in [0.1, 0.15) is 6.54 Å². The molecule has 10 nitrogen and oxygen atoms in total. The average Bonchev–Trinajstić information content (AvgIpc) is 3.41. The molecule has 0 saturated carbocycles. The van der Waals surface area contributed by atoms with E-state index in [0.717, 1.165) is 46.9 Å². The van der Waals surface area contributed by atoms with Crippen LogP contribution in [0.15, 0.2) is 46.9 Å². The molecule has 0 amide bonds. The highest BCUT2D eigenvalue weighted by atomic mass is 35.5. The minimum absolute atomic E-state index is 0.107. The van der Waals surface area contributed by atoms with E-state index in [-0.39, 0.29) is 18.3 Å². The summed E-state index contributed by atoms with van der Waals surface area (Å²) >= 11 is 6.60. The van der Waals surface area contributed by atoms with Gasteiger partial charge in [-0.25, -0.2) is 9.37 Å². The molecule has 2 aromatic heterocycles. The third-order valence-corrected chi connectivity index (χ3v) is 6.41. The topological polar surface area (TPSA) is 112 Å². The lowest BCUT2D eigenvalue weighted by atomic mass is 9.95. The Morgan fingerprint density at radius 3 is 2.67 bits per heavy atom. The van der Waals surface area contributed by atoms with Gasteiger partial charge in [-0.15, -0.1) is 5.11 Å². The Morgan fingerprint density at radius 1 is 1.14 bits per heavy atom. The predicted octanol–water partition coefficient (Wildman–Crippen LogP) is 4.03. The van der Waals surface area contributed by atoms with Crippen molar-refractivity contribution in [2.45, 2.75) is 19.4 Å². The highest BCUT2D eigenvalue weighted by molar-refractivity contribution is 6.31. The van der Waals surface area contributed by atoms with Crippen LogP contribution in [0.2, 0.25) is 5.02 Å². The van der Waals surface area contributed by atoms with Gasteiger partial charge in [0.15, 0.2) is 11.6 Å². The summed E-state index contributed by atoms with van der Waals surface area (Å²) in [5.74, 6) is 0.194. The van der Waals surface area contributed by atoms with Crippen molar-refractivity contribution >= 4 is 34.7 Å². The van der Waals surface area contributed by atoms with Gasteiger partial charge in [0, 0.05) is 42.8 Å². The monoisotopic (exact) mass is 511 g/mol. The number of hydrogen-bond acceptors (Lipinski definition) is 10. The molecule has 5 rings (SSSR count). The maximum Gasteiger partial charge on any atom is 0.270 e. The summed E-state index contributed by atoms with van der Waals surface area (Å²) in [5, 5.41) is 12.3. The Labute approximate surface area is 213 Å². The summed E-state index contributed by atoms with van der Waals surface area (Å²) in [6.45, 7) is 6.25. The lowest BCUT2D eigenvalue weighted by molar-refractivity contribution is 0.122. The van der Waals surface area contributed by atoms with Crippen LogP contribution in [-0.2, 0) is 11.3 Å². The van der Waals surface area contributed by atoms with Crippen molar-refractivity contribution < 1.29 is 9.13 Å². The highest BCUT2D eigenvalue weighted by Crippen LogP contribution is 2.32.